The highest BCUT2D eigenvalue weighted by Gasteiger charge is 2.45. The Morgan fingerprint density at radius 3 is 2.54 bits per heavy atom. The van der Waals surface area contributed by atoms with E-state index in [4.69, 9.17) is 0 Å². The smallest absolute Gasteiger partial charge is 0.578 e. The van der Waals surface area contributed by atoms with Crippen molar-refractivity contribution < 1.29 is 17.7 Å². The summed E-state index contributed by atoms with van der Waals surface area (Å²) in [5.41, 5.74) is -3.92. The molecule has 4 aromatic rings. The molecule has 1 unspecified atom stereocenters. The molecule has 0 radical (unpaired) electrons. The Morgan fingerprint density at radius 2 is 1.89 bits per heavy atom. The van der Waals surface area contributed by atoms with Crippen LogP contribution in [0, 0.1) is 0 Å². The van der Waals surface area contributed by atoms with E-state index in [0.29, 0.717) is 15.4 Å². The number of hydrogen-bond donors (Lipinski definition) is 0. The molecule has 3 aromatic heterocycles. The normalized spacial score (nSPS) is 13.0. The minimum absolute atomic E-state index is 0.278. The molecule has 0 N–H and O–H groups in total. The van der Waals surface area contributed by atoms with Gasteiger partial charge in [0, 0.05) is 18.0 Å². The summed E-state index contributed by atoms with van der Waals surface area (Å²) >= 11 is -1.97. The Labute approximate surface area is 162 Å². The molecule has 0 amide bonds. The summed E-state index contributed by atoms with van der Waals surface area (Å²) in [6.45, 7) is 0. The summed E-state index contributed by atoms with van der Waals surface area (Å²) < 4.78 is 50.6. The van der Waals surface area contributed by atoms with Crippen LogP contribution in [0.3, 0.4) is 0 Å². The summed E-state index contributed by atoms with van der Waals surface area (Å²) in [5, 5.41) is 0.585. The van der Waals surface area contributed by atoms with Crippen molar-refractivity contribution in [3.63, 3.8) is 0 Å². The largest absolute Gasteiger partial charge is 0.604 e. The van der Waals surface area contributed by atoms with Crippen LogP contribution in [-0.4, -0.2) is 29.6 Å². The van der Waals surface area contributed by atoms with Crippen LogP contribution in [0.4, 0.5) is 13.2 Å². The van der Waals surface area contributed by atoms with E-state index in [9.17, 15) is 22.5 Å². The molecule has 1 atom stereocenters. The molecule has 0 saturated heterocycles. The predicted octanol–water partition coefficient (Wildman–Crippen LogP) is 3.53. The standard InChI is InChI=1S/C17H9F3N4O2S2/c18-17(19,20)28(26)12-5-3-11(4-6-12)24-9-22-14-13(16(24)25)27-15(23-14)10-2-1-7-21-8-10/h1-9H. The lowest BCUT2D eigenvalue weighted by Crippen LogP contribution is -2.23. The van der Waals surface area contributed by atoms with Crippen LogP contribution >= 0.6 is 11.3 Å². The van der Waals surface area contributed by atoms with Crippen molar-refractivity contribution in [3.05, 3.63) is 65.5 Å². The van der Waals surface area contributed by atoms with Crippen molar-refractivity contribution in [1.82, 2.24) is 19.5 Å². The maximum atomic E-state index is 12.8. The Hall–Kier alpha value is -2.76. The summed E-state index contributed by atoms with van der Waals surface area (Å²) in [7, 11) is 0. The molecule has 0 bridgehead atoms. The van der Waals surface area contributed by atoms with Gasteiger partial charge in [0.1, 0.15) is 16.0 Å². The SMILES string of the molecule is O=c1c2sc(-c3cccnc3)nc2ncn1-c1ccc([S+]([O-])C(F)(F)F)cc1. The summed E-state index contributed by atoms with van der Waals surface area (Å²) in [6, 6.07) is 8.28. The molecule has 11 heteroatoms. The quantitative estimate of drug-likeness (QED) is 0.472. The van der Waals surface area contributed by atoms with Crippen LogP contribution < -0.4 is 5.56 Å². The highest BCUT2D eigenvalue weighted by Crippen LogP contribution is 2.30. The molecule has 0 spiro atoms. The van der Waals surface area contributed by atoms with Gasteiger partial charge in [0.25, 0.3) is 5.56 Å². The van der Waals surface area contributed by atoms with Crippen LogP contribution in [0.15, 0.2) is 64.8 Å². The first-order valence-corrected chi connectivity index (χ1v) is 9.69. The van der Waals surface area contributed by atoms with Crippen molar-refractivity contribution in [1.29, 1.82) is 0 Å². The summed E-state index contributed by atoms with van der Waals surface area (Å²) in [6.07, 6.45) is 4.50. The minimum atomic E-state index is -4.84. The van der Waals surface area contributed by atoms with E-state index in [0.717, 1.165) is 29.0 Å². The average Bonchev–Trinajstić information content (AvgIpc) is 3.13. The predicted molar refractivity (Wildman–Crippen MR) is 98.7 cm³/mol. The van der Waals surface area contributed by atoms with Crippen molar-refractivity contribution in [2.75, 3.05) is 0 Å². The van der Waals surface area contributed by atoms with Gasteiger partial charge in [-0.1, -0.05) is 0 Å². The van der Waals surface area contributed by atoms with Crippen molar-refractivity contribution >= 4 is 32.9 Å². The molecule has 0 aliphatic carbocycles. The van der Waals surface area contributed by atoms with Gasteiger partial charge in [-0.05, 0) is 36.4 Å². The number of benzene rings is 1. The third-order valence-corrected chi connectivity index (χ3v) is 5.97. The topological polar surface area (TPSA) is 83.7 Å². The van der Waals surface area contributed by atoms with Crippen LogP contribution in [0.1, 0.15) is 0 Å². The number of rotatable bonds is 3. The second-order valence-electron chi connectivity index (χ2n) is 5.54. The average molecular weight is 422 g/mol. The van der Waals surface area contributed by atoms with Gasteiger partial charge in [-0.25, -0.2) is 9.97 Å². The van der Waals surface area contributed by atoms with Crippen LogP contribution in [0.2, 0.25) is 0 Å². The summed E-state index contributed by atoms with van der Waals surface area (Å²) in [4.78, 5) is 24.9. The zero-order valence-corrected chi connectivity index (χ0v) is 15.4. The Bertz CT molecular complexity index is 1190. The Morgan fingerprint density at radius 1 is 1.14 bits per heavy atom. The third-order valence-electron chi connectivity index (χ3n) is 3.77. The van der Waals surface area contributed by atoms with Gasteiger partial charge in [-0.15, -0.1) is 24.5 Å². The number of thiazole rings is 1. The van der Waals surface area contributed by atoms with Crippen molar-refractivity contribution in [2.24, 2.45) is 0 Å². The zero-order valence-electron chi connectivity index (χ0n) is 13.8. The number of alkyl halides is 3. The first-order chi connectivity index (χ1) is 13.3. The first-order valence-electron chi connectivity index (χ1n) is 7.72. The van der Waals surface area contributed by atoms with Gasteiger partial charge < -0.3 is 4.55 Å². The van der Waals surface area contributed by atoms with E-state index in [-0.39, 0.29) is 5.65 Å². The molecule has 6 nitrogen and oxygen atoms in total. The molecule has 4 rings (SSSR count). The third kappa shape index (κ3) is 3.39. The molecule has 0 saturated carbocycles. The van der Waals surface area contributed by atoms with Crippen LogP contribution in [0.5, 0.6) is 0 Å². The molecule has 0 aliphatic rings. The molecular formula is C17H9F3N4O2S2. The second kappa shape index (κ2) is 7.00. The lowest BCUT2D eigenvalue weighted by Gasteiger charge is -2.12. The molecule has 142 valence electrons. The first kappa shape index (κ1) is 18.6. The van der Waals surface area contributed by atoms with Crippen molar-refractivity contribution in [2.45, 2.75) is 10.4 Å². The maximum Gasteiger partial charge on any atom is 0.578 e. The Kier molecular flexibility index (Phi) is 4.65. The number of pyridine rings is 1. The van der Waals surface area contributed by atoms with E-state index in [1.54, 1.807) is 18.5 Å². The zero-order chi connectivity index (χ0) is 19.9. The van der Waals surface area contributed by atoms with Gasteiger partial charge in [0.2, 0.25) is 0 Å². The lowest BCUT2D eigenvalue weighted by atomic mass is 10.3. The van der Waals surface area contributed by atoms with Gasteiger partial charge in [-0.3, -0.25) is 14.3 Å². The fraction of sp³-hybridized carbons (Fsp3) is 0.0588. The second-order valence-corrected chi connectivity index (χ2v) is 8.01. The van der Waals surface area contributed by atoms with E-state index < -0.39 is 27.1 Å². The van der Waals surface area contributed by atoms with Gasteiger partial charge in [0.15, 0.2) is 10.5 Å². The van der Waals surface area contributed by atoms with Gasteiger partial charge >= 0.3 is 5.51 Å². The van der Waals surface area contributed by atoms with Crippen LogP contribution in [0.25, 0.3) is 26.6 Å². The number of aromatic nitrogens is 4. The van der Waals surface area contributed by atoms with E-state index in [1.807, 2.05) is 6.07 Å². The lowest BCUT2D eigenvalue weighted by molar-refractivity contribution is -0.0435. The maximum absolute atomic E-state index is 12.8. The Balaban J connectivity index is 1.74. The molecule has 28 heavy (non-hydrogen) atoms. The monoisotopic (exact) mass is 422 g/mol. The number of fused-ring (bicyclic) bond motifs is 1. The van der Waals surface area contributed by atoms with E-state index in [2.05, 4.69) is 15.0 Å². The van der Waals surface area contributed by atoms with Gasteiger partial charge in [-0.2, -0.15) is 0 Å². The van der Waals surface area contributed by atoms with Crippen molar-refractivity contribution in [3.8, 4) is 16.3 Å². The summed E-state index contributed by atoms with van der Waals surface area (Å²) in [5.74, 6) is 0. The number of nitrogens with zero attached hydrogens (tertiary/aromatic N) is 4. The number of halogens is 3. The van der Waals surface area contributed by atoms with E-state index in [1.165, 1.54) is 23.0 Å². The highest BCUT2D eigenvalue weighted by atomic mass is 32.2. The molecule has 1 aromatic carbocycles. The molecule has 3 heterocycles. The van der Waals surface area contributed by atoms with E-state index >= 15 is 0 Å². The number of hydrogen-bond acceptors (Lipinski definition) is 6. The molecular weight excluding hydrogens is 413 g/mol. The minimum Gasteiger partial charge on any atom is -0.604 e. The fourth-order valence-corrected chi connectivity index (χ4v) is 4.06. The van der Waals surface area contributed by atoms with Gasteiger partial charge in [0.05, 0.1) is 16.9 Å². The highest BCUT2D eigenvalue weighted by molar-refractivity contribution is 7.92. The molecule has 0 aliphatic heterocycles. The molecule has 0 fully saturated rings. The van der Waals surface area contributed by atoms with Crippen LogP contribution in [-0.2, 0) is 11.2 Å². The fourth-order valence-electron chi connectivity index (χ4n) is 2.47.